The van der Waals surface area contributed by atoms with Crippen LogP contribution in [0.1, 0.15) is 0 Å². The lowest BCUT2D eigenvalue weighted by atomic mass is 10.3. The molecule has 0 spiro atoms. The molecule has 1 aliphatic heterocycles. The molecular formula is C6H2Cl3NOS2. The number of halogens is 3. The summed E-state index contributed by atoms with van der Waals surface area (Å²) in [6, 6.07) is 1.53. The van der Waals surface area contributed by atoms with E-state index in [1.807, 2.05) is 0 Å². The molecule has 1 heterocycles. The normalized spacial score (nSPS) is 19.8. The molecule has 0 amide bonds. The van der Waals surface area contributed by atoms with Crippen LogP contribution in [0, 0.1) is 0 Å². The summed E-state index contributed by atoms with van der Waals surface area (Å²) in [7, 11) is -0.103. The van der Waals surface area contributed by atoms with Crippen molar-refractivity contribution < 1.29 is 4.21 Å². The molecule has 2 nitrogen and oxygen atoms in total. The SMILES string of the molecule is O=S1Nc2c(Cl)cc(Cl)c(Cl)c2S1. The Morgan fingerprint density at radius 1 is 1.31 bits per heavy atom. The Hall–Kier alpha value is 0.390. The zero-order chi connectivity index (χ0) is 9.59. The van der Waals surface area contributed by atoms with Crippen molar-refractivity contribution in [3.8, 4) is 0 Å². The van der Waals surface area contributed by atoms with Crippen molar-refractivity contribution in [3.05, 3.63) is 21.1 Å². The molecule has 0 bridgehead atoms. The van der Waals surface area contributed by atoms with E-state index in [1.165, 1.54) is 6.07 Å². The molecule has 1 unspecified atom stereocenters. The van der Waals surface area contributed by atoms with Crippen LogP contribution in [0.5, 0.6) is 0 Å². The number of nitrogens with one attached hydrogen (secondary N) is 1. The van der Waals surface area contributed by atoms with Crippen molar-refractivity contribution in [1.29, 1.82) is 0 Å². The lowest BCUT2D eigenvalue weighted by molar-refractivity contribution is 0.694. The second kappa shape index (κ2) is 3.51. The molecule has 0 aliphatic carbocycles. The predicted molar refractivity (Wildman–Crippen MR) is 59.1 cm³/mol. The Labute approximate surface area is 95.9 Å². The average Bonchev–Trinajstić information content (AvgIpc) is 2.44. The highest BCUT2D eigenvalue weighted by atomic mass is 35.5. The van der Waals surface area contributed by atoms with E-state index in [0.717, 1.165) is 10.8 Å². The molecule has 0 fully saturated rings. The van der Waals surface area contributed by atoms with Crippen LogP contribution in [0.2, 0.25) is 15.1 Å². The third kappa shape index (κ3) is 1.66. The maximum absolute atomic E-state index is 11.1. The molecule has 1 aliphatic rings. The second-order valence-electron chi connectivity index (χ2n) is 2.28. The van der Waals surface area contributed by atoms with Crippen molar-refractivity contribution in [2.45, 2.75) is 4.90 Å². The Kier molecular flexibility index (Phi) is 2.68. The van der Waals surface area contributed by atoms with Crippen LogP contribution in [0.15, 0.2) is 11.0 Å². The maximum atomic E-state index is 11.1. The summed E-state index contributed by atoms with van der Waals surface area (Å²) in [5, 5.41) is 1.20. The van der Waals surface area contributed by atoms with Crippen molar-refractivity contribution >= 4 is 61.3 Å². The van der Waals surface area contributed by atoms with Gasteiger partial charge in [-0.15, -0.1) is 0 Å². The maximum Gasteiger partial charge on any atom is 0.184 e. The van der Waals surface area contributed by atoms with Crippen molar-refractivity contribution in [1.82, 2.24) is 0 Å². The Balaban J connectivity index is 2.69. The molecule has 1 aromatic carbocycles. The third-order valence-corrected chi connectivity index (χ3v) is 4.97. The molecule has 7 heteroatoms. The zero-order valence-corrected chi connectivity index (χ0v) is 9.84. The Morgan fingerprint density at radius 3 is 2.69 bits per heavy atom. The molecule has 13 heavy (non-hydrogen) atoms. The fourth-order valence-corrected chi connectivity index (χ4v) is 4.40. The molecular weight excluding hydrogens is 273 g/mol. The highest BCUT2D eigenvalue weighted by molar-refractivity contribution is 8.70. The summed E-state index contributed by atoms with van der Waals surface area (Å²) >= 11 is 17.5. The molecule has 1 atom stereocenters. The van der Waals surface area contributed by atoms with E-state index < -0.39 is 10.0 Å². The Bertz CT molecular complexity index is 409. The minimum absolute atomic E-state index is 0.374. The van der Waals surface area contributed by atoms with Gasteiger partial charge in [0, 0.05) is 10.8 Å². The first-order valence-electron chi connectivity index (χ1n) is 3.14. The van der Waals surface area contributed by atoms with E-state index in [-0.39, 0.29) is 0 Å². The van der Waals surface area contributed by atoms with Crippen LogP contribution >= 0.6 is 45.6 Å². The van der Waals surface area contributed by atoms with E-state index in [2.05, 4.69) is 4.72 Å². The summed E-state index contributed by atoms with van der Waals surface area (Å²) in [6.07, 6.45) is 0. The fraction of sp³-hybridized carbons (Fsp3) is 0. The second-order valence-corrected chi connectivity index (χ2v) is 6.13. The van der Waals surface area contributed by atoms with Crippen LogP contribution in [-0.4, -0.2) is 4.21 Å². The van der Waals surface area contributed by atoms with Crippen LogP contribution in [-0.2, 0) is 10.0 Å². The first-order chi connectivity index (χ1) is 6.09. The summed E-state index contributed by atoms with van der Waals surface area (Å²) in [5.41, 5.74) is 0.597. The van der Waals surface area contributed by atoms with Gasteiger partial charge in [0.1, 0.15) is 0 Å². The monoisotopic (exact) mass is 273 g/mol. The predicted octanol–water partition coefficient (Wildman–Crippen LogP) is 3.74. The first-order valence-corrected chi connectivity index (χ1v) is 6.75. The zero-order valence-electron chi connectivity index (χ0n) is 5.94. The summed E-state index contributed by atoms with van der Waals surface area (Å²) < 4.78 is 13.8. The van der Waals surface area contributed by atoms with Gasteiger partial charge in [0.25, 0.3) is 0 Å². The van der Waals surface area contributed by atoms with Crippen LogP contribution in [0.3, 0.4) is 0 Å². The van der Waals surface area contributed by atoms with Gasteiger partial charge in [0.05, 0.1) is 25.7 Å². The Morgan fingerprint density at radius 2 is 2.00 bits per heavy atom. The van der Waals surface area contributed by atoms with Gasteiger partial charge in [-0.3, -0.25) is 4.72 Å². The van der Waals surface area contributed by atoms with Gasteiger partial charge in [-0.25, -0.2) is 4.21 Å². The number of hydrogen-bond acceptors (Lipinski definition) is 2. The van der Waals surface area contributed by atoms with Crippen LogP contribution < -0.4 is 4.72 Å². The van der Waals surface area contributed by atoms with Gasteiger partial charge < -0.3 is 0 Å². The van der Waals surface area contributed by atoms with Gasteiger partial charge >= 0.3 is 0 Å². The number of rotatable bonds is 0. The third-order valence-electron chi connectivity index (χ3n) is 1.47. The molecule has 0 saturated heterocycles. The largest absolute Gasteiger partial charge is 0.293 e. The molecule has 70 valence electrons. The van der Waals surface area contributed by atoms with E-state index in [1.54, 1.807) is 0 Å². The van der Waals surface area contributed by atoms with Crippen molar-refractivity contribution in [3.63, 3.8) is 0 Å². The van der Waals surface area contributed by atoms with E-state index >= 15 is 0 Å². The lowest BCUT2D eigenvalue weighted by Gasteiger charge is -2.03. The molecule has 0 saturated carbocycles. The minimum atomic E-state index is -1.21. The molecule has 1 aromatic rings. The topological polar surface area (TPSA) is 29.1 Å². The van der Waals surface area contributed by atoms with Gasteiger partial charge in [-0.2, -0.15) is 0 Å². The summed E-state index contributed by atoms with van der Waals surface area (Å²) in [4.78, 5) is 0.650. The summed E-state index contributed by atoms with van der Waals surface area (Å²) in [6.45, 7) is 0. The van der Waals surface area contributed by atoms with E-state index in [9.17, 15) is 4.21 Å². The lowest BCUT2D eigenvalue weighted by Crippen LogP contribution is -1.91. The van der Waals surface area contributed by atoms with E-state index in [0.29, 0.717) is 25.7 Å². The highest BCUT2D eigenvalue weighted by Crippen LogP contribution is 2.48. The molecule has 0 radical (unpaired) electrons. The first kappa shape index (κ1) is 9.93. The number of fused-ring (bicyclic) bond motifs is 1. The van der Waals surface area contributed by atoms with Crippen LogP contribution in [0.4, 0.5) is 5.69 Å². The van der Waals surface area contributed by atoms with Crippen molar-refractivity contribution in [2.24, 2.45) is 0 Å². The number of hydrogen-bond donors (Lipinski definition) is 1. The standard InChI is InChI=1S/C6H2Cl3NOS2/c7-2-1-3(8)5-6(4(2)9)12-13(11)10-5/h1,10H. The van der Waals surface area contributed by atoms with Crippen molar-refractivity contribution in [2.75, 3.05) is 4.72 Å². The smallest absolute Gasteiger partial charge is 0.184 e. The number of anilines is 1. The molecule has 0 aromatic heterocycles. The van der Waals surface area contributed by atoms with Gasteiger partial charge in [-0.1, -0.05) is 34.8 Å². The summed E-state index contributed by atoms with van der Waals surface area (Å²) in [5.74, 6) is 0. The van der Waals surface area contributed by atoms with Gasteiger partial charge in [-0.05, 0) is 6.07 Å². The minimum Gasteiger partial charge on any atom is -0.293 e. The van der Waals surface area contributed by atoms with E-state index in [4.69, 9.17) is 34.8 Å². The fourth-order valence-electron chi connectivity index (χ4n) is 0.927. The quantitative estimate of drug-likeness (QED) is 0.577. The van der Waals surface area contributed by atoms with Gasteiger partial charge in [0.2, 0.25) is 0 Å². The molecule has 1 N–H and O–H groups in total. The highest BCUT2D eigenvalue weighted by Gasteiger charge is 2.25. The number of benzene rings is 1. The molecule has 2 rings (SSSR count). The average molecular weight is 275 g/mol. The van der Waals surface area contributed by atoms with Crippen LogP contribution in [0.25, 0.3) is 0 Å². The van der Waals surface area contributed by atoms with Gasteiger partial charge in [0.15, 0.2) is 10.0 Å².